The zero-order valence-electron chi connectivity index (χ0n) is 13.8. The van der Waals surface area contributed by atoms with Gasteiger partial charge in [0.25, 0.3) is 5.91 Å². The van der Waals surface area contributed by atoms with E-state index in [2.05, 4.69) is 10.3 Å². The molecule has 27 heavy (non-hydrogen) atoms. The Morgan fingerprint density at radius 3 is 2.48 bits per heavy atom. The zero-order chi connectivity index (χ0) is 19.6. The van der Waals surface area contributed by atoms with Gasteiger partial charge in [0.05, 0.1) is 35.7 Å². The van der Waals surface area contributed by atoms with Gasteiger partial charge in [-0.05, 0) is 30.3 Å². The normalized spacial score (nSPS) is 14.9. The summed E-state index contributed by atoms with van der Waals surface area (Å²) in [6.07, 6.45) is -4.54. The number of nitrogens with one attached hydrogen (secondary N) is 1. The Bertz CT molecular complexity index is 856. The molecule has 0 bridgehead atoms. The van der Waals surface area contributed by atoms with E-state index in [0.29, 0.717) is 32.0 Å². The zero-order valence-corrected chi connectivity index (χ0v) is 15.3. The highest BCUT2D eigenvalue weighted by Gasteiger charge is 2.32. The number of alkyl halides is 3. The van der Waals surface area contributed by atoms with Crippen LogP contribution < -0.4 is 10.2 Å². The van der Waals surface area contributed by atoms with E-state index in [9.17, 15) is 18.0 Å². The van der Waals surface area contributed by atoms with E-state index in [1.54, 1.807) is 0 Å². The molecule has 5 nitrogen and oxygen atoms in total. The number of benzene rings is 1. The van der Waals surface area contributed by atoms with Gasteiger partial charge in [-0.2, -0.15) is 13.2 Å². The van der Waals surface area contributed by atoms with Crippen LogP contribution in [-0.4, -0.2) is 37.2 Å². The summed E-state index contributed by atoms with van der Waals surface area (Å²) in [7, 11) is 0. The Morgan fingerprint density at radius 1 is 1.15 bits per heavy atom. The van der Waals surface area contributed by atoms with Crippen LogP contribution in [0.3, 0.4) is 0 Å². The summed E-state index contributed by atoms with van der Waals surface area (Å²) in [5.41, 5.74) is -0.359. The van der Waals surface area contributed by atoms with Crippen molar-refractivity contribution >= 4 is 40.5 Å². The maximum Gasteiger partial charge on any atom is 0.416 e. The molecule has 0 aliphatic carbocycles. The molecule has 1 fully saturated rings. The second kappa shape index (κ2) is 7.92. The molecule has 0 unspecified atom stereocenters. The molecule has 1 aromatic carbocycles. The molecule has 0 saturated carbocycles. The van der Waals surface area contributed by atoms with E-state index in [4.69, 9.17) is 27.9 Å². The van der Waals surface area contributed by atoms with Crippen molar-refractivity contribution in [3.8, 4) is 0 Å². The topological polar surface area (TPSA) is 54.5 Å². The third kappa shape index (κ3) is 4.63. The number of rotatable bonds is 3. The van der Waals surface area contributed by atoms with Crippen molar-refractivity contribution in [1.29, 1.82) is 0 Å². The van der Waals surface area contributed by atoms with Gasteiger partial charge in [0.2, 0.25) is 0 Å². The predicted molar refractivity (Wildman–Crippen MR) is 96.7 cm³/mol. The van der Waals surface area contributed by atoms with Gasteiger partial charge >= 0.3 is 6.18 Å². The fourth-order valence-electron chi connectivity index (χ4n) is 2.66. The summed E-state index contributed by atoms with van der Waals surface area (Å²) in [6, 6.07) is 5.95. The van der Waals surface area contributed by atoms with Crippen LogP contribution in [0.15, 0.2) is 30.3 Å². The molecule has 0 spiro atoms. The van der Waals surface area contributed by atoms with Crippen molar-refractivity contribution in [3.05, 3.63) is 51.8 Å². The lowest BCUT2D eigenvalue weighted by Crippen LogP contribution is -2.36. The number of hydrogen-bond donors (Lipinski definition) is 1. The number of pyridine rings is 1. The van der Waals surface area contributed by atoms with Crippen LogP contribution in [0.5, 0.6) is 0 Å². The van der Waals surface area contributed by atoms with Gasteiger partial charge in [0, 0.05) is 13.1 Å². The summed E-state index contributed by atoms with van der Waals surface area (Å²) < 4.78 is 44.6. The molecule has 2 heterocycles. The molecule has 1 aromatic heterocycles. The first-order valence-corrected chi connectivity index (χ1v) is 8.68. The second-order valence-corrected chi connectivity index (χ2v) is 6.50. The lowest BCUT2D eigenvalue weighted by molar-refractivity contribution is -0.137. The number of amides is 1. The Kier molecular flexibility index (Phi) is 5.78. The first-order chi connectivity index (χ1) is 12.8. The third-order valence-corrected chi connectivity index (χ3v) is 4.48. The predicted octanol–water partition coefficient (Wildman–Crippen LogP) is 4.50. The standard InChI is InChI=1S/C17H14Cl2F3N3O2/c18-14-4-2-11(15(19)24-14)16(26)23-12-9-10(17(20,21)22)1-3-13(12)25-5-7-27-8-6-25/h1-4,9H,5-8H2,(H,23,26). The highest BCUT2D eigenvalue weighted by atomic mass is 35.5. The highest BCUT2D eigenvalue weighted by Crippen LogP contribution is 2.36. The first-order valence-electron chi connectivity index (χ1n) is 7.93. The van der Waals surface area contributed by atoms with Gasteiger partial charge in [-0.1, -0.05) is 23.2 Å². The van der Waals surface area contributed by atoms with E-state index in [1.807, 2.05) is 4.90 Å². The minimum absolute atomic E-state index is 0.00593. The van der Waals surface area contributed by atoms with Crippen LogP contribution in [0, 0.1) is 0 Å². The van der Waals surface area contributed by atoms with Gasteiger partial charge in [-0.25, -0.2) is 4.98 Å². The van der Waals surface area contributed by atoms with Crippen molar-refractivity contribution in [1.82, 2.24) is 4.98 Å². The van der Waals surface area contributed by atoms with Gasteiger partial charge in [-0.3, -0.25) is 4.79 Å². The molecule has 1 aliphatic heterocycles. The van der Waals surface area contributed by atoms with Crippen LogP contribution >= 0.6 is 23.2 Å². The Labute approximate surface area is 163 Å². The number of halogens is 5. The van der Waals surface area contributed by atoms with E-state index in [-0.39, 0.29) is 21.6 Å². The monoisotopic (exact) mass is 419 g/mol. The van der Waals surface area contributed by atoms with Crippen LogP contribution in [0.1, 0.15) is 15.9 Å². The molecule has 1 amide bonds. The summed E-state index contributed by atoms with van der Waals surface area (Å²) >= 11 is 11.6. The van der Waals surface area contributed by atoms with Crippen molar-refractivity contribution < 1.29 is 22.7 Å². The summed E-state index contributed by atoms with van der Waals surface area (Å²) in [4.78, 5) is 18.2. The second-order valence-electron chi connectivity index (χ2n) is 5.76. The van der Waals surface area contributed by atoms with E-state index in [1.165, 1.54) is 18.2 Å². The summed E-state index contributed by atoms with van der Waals surface area (Å²) in [6.45, 7) is 1.89. The highest BCUT2D eigenvalue weighted by molar-refractivity contribution is 6.35. The molecule has 10 heteroatoms. The summed E-state index contributed by atoms with van der Waals surface area (Å²) in [5, 5.41) is 2.47. The van der Waals surface area contributed by atoms with Gasteiger partial charge in [0.15, 0.2) is 0 Å². The number of nitrogens with zero attached hydrogens (tertiary/aromatic N) is 2. The Hall–Kier alpha value is -2.03. The lowest BCUT2D eigenvalue weighted by Gasteiger charge is -2.31. The minimum atomic E-state index is -4.54. The van der Waals surface area contributed by atoms with Crippen molar-refractivity contribution in [2.75, 3.05) is 36.5 Å². The molecule has 0 radical (unpaired) electrons. The van der Waals surface area contributed by atoms with Gasteiger partial charge in [0.1, 0.15) is 10.3 Å². The molecule has 3 rings (SSSR count). The van der Waals surface area contributed by atoms with Crippen LogP contribution in [0.25, 0.3) is 0 Å². The number of carbonyl (C=O) groups excluding carboxylic acids is 1. The average Bonchev–Trinajstić information content (AvgIpc) is 2.61. The maximum atomic E-state index is 13.1. The van der Waals surface area contributed by atoms with Crippen molar-refractivity contribution in [2.24, 2.45) is 0 Å². The first kappa shape index (κ1) is 19.7. The average molecular weight is 420 g/mol. The summed E-state index contributed by atoms with van der Waals surface area (Å²) in [5.74, 6) is -0.682. The molecular formula is C17H14Cl2F3N3O2. The largest absolute Gasteiger partial charge is 0.416 e. The van der Waals surface area contributed by atoms with E-state index in [0.717, 1.165) is 12.1 Å². The quantitative estimate of drug-likeness (QED) is 0.744. The fourth-order valence-corrected chi connectivity index (χ4v) is 3.09. The number of carbonyl (C=O) groups is 1. The maximum absolute atomic E-state index is 13.1. The Balaban J connectivity index is 1.96. The van der Waals surface area contributed by atoms with E-state index >= 15 is 0 Å². The van der Waals surface area contributed by atoms with E-state index < -0.39 is 17.6 Å². The van der Waals surface area contributed by atoms with Crippen LogP contribution in [0.4, 0.5) is 24.5 Å². The molecule has 0 atom stereocenters. The number of hydrogen-bond acceptors (Lipinski definition) is 4. The van der Waals surface area contributed by atoms with Gasteiger partial charge in [-0.15, -0.1) is 0 Å². The molecule has 1 saturated heterocycles. The molecular weight excluding hydrogens is 406 g/mol. The minimum Gasteiger partial charge on any atom is -0.378 e. The van der Waals surface area contributed by atoms with Crippen LogP contribution in [0.2, 0.25) is 10.3 Å². The van der Waals surface area contributed by atoms with Crippen LogP contribution in [-0.2, 0) is 10.9 Å². The lowest BCUT2D eigenvalue weighted by atomic mass is 10.1. The number of anilines is 2. The number of morpholine rings is 1. The molecule has 1 aliphatic rings. The molecule has 2 aromatic rings. The third-order valence-electron chi connectivity index (χ3n) is 3.98. The number of aromatic nitrogens is 1. The van der Waals surface area contributed by atoms with Gasteiger partial charge < -0.3 is 15.0 Å². The number of ether oxygens (including phenoxy) is 1. The fraction of sp³-hybridized carbons (Fsp3) is 0.294. The molecule has 144 valence electrons. The Morgan fingerprint density at radius 2 is 1.85 bits per heavy atom. The van der Waals surface area contributed by atoms with Crippen molar-refractivity contribution in [3.63, 3.8) is 0 Å². The smallest absolute Gasteiger partial charge is 0.378 e. The van der Waals surface area contributed by atoms with Crippen molar-refractivity contribution in [2.45, 2.75) is 6.18 Å². The SMILES string of the molecule is O=C(Nc1cc(C(F)(F)F)ccc1N1CCOCC1)c1ccc(Cl)nc1Cl. The molecule has 1 N–H and O–H groups in total.